The molecule has 0 saturated heterocycles. The molecule has 7 nitrogen and oxygen atoms in total. The standard InChI is InChI=1S/C20H25N3O4/c1-15(27-14-16-6-3-2-4-7-16)13-23-20(26)18-12-17(8-10-21-18)19(25)22-9-5-11-24/h2-4,6-8,10,12,15,24H,5,9,11,13-14H2,1H3,(H,22,25)(H,23,26). The van der Waals surface area contributed by atoms with E-state index in [1.165, 1.54) is 18.3 Å². The zero-order valence-electron chi connectivity index (χ0n) is 15.4. The second-order valence-corrected chi connectivity index (χ2v) is 6.08. The zero-order chi connectivity index (χ0) is 19.5. The first-order chi connectivity index (χ1) is 13.1. The van der Waals surface area contributed by atoms with Crippen molar-refractivity contribution < 1.29 is 19.4 Å². The number of aliphatic hydroxyl groups is 1. The van der Waals surface area contributed by atoms with Crippen molar-refractivity contribution in [3.05, 3.63) is 65.5 Å². The topological polar surface area (TPSA) is 101 Å². The van der Waals surface area contributed by atoms with Crippen molar-refractivity contribution in [3.63, 3.8) is 0 Å². The number of rotatable bonds is 10. The fourth-order valence-electron chi connectivity index (χ4n) is 2.28. The second kappa shape index (κ2) is 11.1. The van der Waals surface area contributed by atoms with E-state index in [-0.39, 0.29) is 30.2 Å². The number of nitrogens with one attached hydrogen (secondary N) is 2. The van der Waals surface area contributed by atoms with Crippen LogP contribution < -0.4 is 10.6 Å². The van der Waals surface area contributed by atoms with E-state index in [0.29, 0.717) is 31.7 Å². The lowest BCUT2D eigenvalue weighted by Gasteiger charge is -2.14. The molecule has 1 atom stereocenters. The van der Waals surface area contributed by atoms with E-state index in [1.807, 2.05) is 37.3 Å². The molecule has 0 aliphatic heterocycles. The van der Waals surface area contributed by atoms with Crippen LogP contribution in [0.2, 0.25) is 0 Å². The summed E-state index contributed by atoms with van der Waals surface area (Å²) >= 11 is 0. The van der Waals surface area contributed by atoms with Crippen LogP contribution in [0, 0.1) is 0 Å². The van der Waals surface area contributed by atoms with Gasteiger partial charge in [0.1, 0.15) is 5.69 Å². The lowest BCUT2D eigenvalue weighted by Crippen LogP contribution is -2.33. The second-order valence-electron chi connectivity index (χ2n) is 6.08. The summed E-state index contributed by atoms with van der Waals surface area (Å²) in [5, 5.41) is 14.2. The fourth-order valence-corrected chi connectivity index (χ4v) is 2.28. The molecule has 1 unspecified atom stereocenters. The summed E-state index contributed by atoms with van der Waals surface area (Å²) in [6.45, 7) is 3.06. The number of hydrogen-bond donors (Lipinski definition) is 3. The highest BCUT2D eigenvalue weighted by Crippen LogP contribution is 2.04. The maximum Gasteiger partial charge on any atom is 0.269 e. The lowest BCUT2D eigenvalue weighted by atomic mass is 10.2. The van der Waals surface area contributed by atoms with E-state index in [4.69, 9.17) is 9.84 Å². The first kappa shape index (κ1) is 20.5. The smallest absolute Gasteiger partial charge is 0.269 e. The summed E-state index contributed by atoms with van der Waals surface area (Å²) < 4.78 is 5.71. The summed E-state index contributed by atoms with van der Waals surface area (Å²) in [5.74, 6) is -0.672. The average molecular weight is 371 g/mol. The molecule has 0 fully saturated rings. The van der Waals surface area contributed by atoms with Crippen LogP contribution in [0.3, 0.4) is 0 Å². The van der Waals surface area contributed by atoms with Gasteiger partial charge in [0.05, 0.1) is 12.7 Å². The predicted octanol–water partition coefficient (Wildman–Crippen LogP) is 1.53. The summed E-state index contributed by atoms with van der Waals surface area (Å²) in [6, 6.07) is 12.8. The first-order valence-electron chi connectivity index (χ1n) is 8.89. The van der Waals surface area contributed by atoms with Gasteiger partial charge in [-0.05, 0) is 31.0 Å². The number of ether oxygens (including phenoxy) is 1. The summed E-state index contributed by atoms with van der Waals surface area (Å²) in [5.41, 5.74) is 1.58. The highest BCUT2D eigenvalue weighted by Gasteiger charge is 2.13. The van der Waals surface area contributed by atoms with Gasteiger partial charge >= 0.3 is 0 Å². The Morgan fingerprint density at radius 2 is 1.93 bits per heavy atom. The van der Waals surface area contributed by atoms with E-state index < -0.39 is 0 Å². The van der Waals surface area contributed by atoms with Gasteiger partial charge in [-0.2, -0.15) is 0 Å². The van der Waals surface area contributed by atoms with Gasteiger partial charge in [-0.25, -0.2) is 0 Å². The van der Waals surface area contributed by atoms with Crippen molar-refractivity contribution in [2.45, 2.75) is 26.1 Å². The van der Waals surface area contributed by atoms with Crippen LogP contribution in [0.5, 0.6) is 0 Å². The summed E-state index contributed by atoms with van der Waals surface area (Å²) in [7, 11) is 0. The van der Waals surface area contributed by atoms with Crippen molar-refractivity contribution in [2.75, 3.05) is 19.7 Å². The SMILES string of the molecule is CC(CNC(=O)c1cc(C(=O)NCCCO)ccn1)OCc1ccccc1. The van der Waals surface area contributed by atoms with Crippen LogP contribution >= 0.6 is 0 Å². The van der Waals surface area contributed by atoms with Crippen LogP contribution in [0.15, 0.2) is 48.7 Å². The van der Waals surface area contributed by atoms with E-state index in [2.05, 4.69) is 15.6 Å². The van der Waals surface area contributed by atoms with Crippen molar-refractivity contribution in [1.29, 1.82) is 0 Å². The van der Waals surface area contributed by atoms with Gasteiger partial charge in [0.25, 0.3) is 11.8 Å². The highest BCUT2D eigenvalue weighted by atomic mass is 16.5. The number of nitrogens with zero attached hydrogens (tertiary/aromatic N) is 1. The van der Waals surface area contributed by atoms with Crippen molar-refractivity contribution in [3.8, 4) is 0 Å². The van der Waals surface area contributed by atoms with Gasteiger partial charge < -0.3 is 20.5 Å². The molecule has 0 bridgehead atoms. The number of amides is 2. The monoisotopic (exact) mass is 371 g/mol. The van der Waals surface area contributed by atoms with Crippen molar-refractivity contribution in [2.24, 2.45) is 0 Å². The molecular formula is C20H25N3O4. The number of carbonyl (C=O) groups excluding carboxylic acids is 2. The van der Waals surface area contributed by atoms with Gasteiger partial charge in [0, 0.05) is 31.5 Å². The van der Waals surface area contributed by atoms with Crippen molar-refractivity contribution >= 4 is 11.8 Å². The van der Waals surface area contributed by atoms with Gasteiger partial charge in [-0.1, -0.05) is 30.3 Å². The molecule has 0 radical (unpaired) electrons. The number of aliphatic hydroxyl groups excluding tert-OH is 1. The largest absolute Gasteiger partial charge is 0.396 e. The molecular weight excluding hydrogens is 346 g/mol. The Morgan fingerprint density at radius 3 is 2.67 bits per heavy atom. The maximum absolute atomic E-state index is 12.3. The quantitative estimate of drug-likeness (QED) is 0.550. The highest BCUT2D eigenvalue weighted by molar-refractivity contribution is 5.98. The third-order valence-electron chi connectivity index (χ3n) is 3.80. The van der Waals surface area contributed by atoms with Gasteiger partial charge in [-0.15, -0.1) is 0 Å². The molecule has 27 heavy (non-hydrogen) atoms. The number of benzene rings is 1. The molecule has 144 valence electrons. The fraction of sp³-hybridized carbons (Fsp3) is 0.350. The molecule has 0 aliphatic rings. The van der Waals surface area contributed by atoms with E-state index in [9.17, 15) is 9.59 Å². The van der Waals surface area contributed by atoms with Crippen LogP contribution in [-0.4, -0.2) is 47.7 Å². The number of pyridine rings is 1. The maximum atomic E-state index is 12.3. The third kappa shape index (κ3) is 7.16. The van der Waals surface area contributed by atoms with Crippen LogP contribution in [0.1, 0.15) is 39.8 Å². The van der Waals surface area contributed by atoms with Gasteiger partial charge in [0.15, 0.2) is 0 Å². The third-order valence-corrected chi connectivity index (χ3v) is 3.80. The predicted molar refractivity (Wildman–Crippen MR) is 101 cm³/mol. The lowest BCUT2D eigenvalue weighted by molar-refractivity contribution is 0.0508. The average Bonchev–Trinajstić information content (AvgIpc) is 2.71. The molecule has 1 aromatic heterocycles. The zero-order valence-corrected chi connectivity index (χ0v) is 15.4. The molecule has 0 spiro atoms. The minimum absolute atomic E-state index is 0.00874. The van der Waals surface area contributed by atoms with Gasteiger partial charge in [0.2, 0.25) is 0 Å². The molecule has 2 amide bonds. The van der Waals surface area contributed by atoms with Gasteiger partial charge in [-0.3, -0.25) is 14.6 Å². The van der Waals surface area contributed by atoms with Crippen LogP contribution in [0.25, 0.3) is 0 Å². The van der Waals surface area contributed by atoms with Crippen molar-refractivity contribution in [1.82, 2.24) is 15.6 Å². The minimum atomic E-state index is -0.366. The molecule has 7 heteroatoms. The Morgan fingerprint density at radius 1 is 1.15 bits per heavy atom. The number of hydrogen-bond acceptors (Lipinski definition) is 5. The number of aromatic nitrogens is 1. The molecule has 0 aliphatic carbocycles. The Balaban J connectivity index is 1.81. The summed E-state index contributed by atoms with van der Waals surface area (Å²) in [6.07, 6.45) is 1.73. The molecule has 1 aromatic carbocycles. The molecule has 0 saturated carbocycles. The number of carbonyl (C=O) groups is 2. The van der Waals surface area contributed by atoms with Crippen LogP contribution in [0.4, 0.5) is 0 Å². The van der Waals surface area contributed by atoms with E-state index in [1.54, 1.807) is 0 Å². The molecule has 1 heterocycles. The Labute approximate surface area is 158 Å². The minimum Gasteiger partial charge on any atom is -0.396 e. The molecule has 2 aromatic rings. The van der Waals surface area contributed by atoms with E-state index >= 15 is 0 Å². The Bertz CT molecular complexity index is 737. The Hall–Kier alpha value is -2.77. The first-order valence-corrected chi connectivity index (χ1v) is 8.89. The summed E-state index contributed by atoms with van der Waals surface area (Å²) in [4.78, 5) is 28.3. The normalized spacial score (nSPS) is 11.6. The van der Waals surface area contributed by atoms with Crippen LogP contribution in [-0.2, 0) is 11.3 Å². The molecule has 3 N–H and O–H groups in total. The van der Waals surface area contributed by atoms with E-state index in [0.717, 1.165) is 5.56 Å². The Kier molecular flexibility index (Phi) is 8.41. The molecule has 2 rings (SSSR count).